The third kappa shape index (κ3) is 4.20. The Hall–Kier alpha value is -3.62. The van der Waals surface area contributed by atoms with E-state index in [1.54, 1.807) is 12.1 Å². The molecule has 0 spiro atoms. The SMILES string of the molecule is Cc1ccc(N2C(=O)C3Sc4[nH]c(=O)sc4[C@H](c4ccccc4OCc4cccc(C)c4)C3C2=O)cc1. The van der Waals surface area contributed by atoms with E-state index in [0.29, 0.717) is 23.1 Å². The first-order valence-electron chi connectivity index (χ1n) is 12.0. The Morgan fingerprint density at radius 3 is 2.46 bits per heavy atom. The molecule has 4 aromatic rings. The zero-order valence-corrected chi connectivity index (χ0v) is 21.9. The molecule has 8 heteroatoms. The Labute approximate surface area is 222 Å². The molecule has 3 atom stereocenters. The molecular weight excluding hydrogens is 504 g/mol. The number of carbonyl (C=O) groups is 2. The molecule has 186 valence electrons. The first kappa shape index (κ1) is 23.8. The summed E-state index contributed by atoms with van der Waals surface area (Å²) in [5.41, 5.74) is 4.60. The Balaban J connectivity index is 1.42. The number of amides is 2. The van der Waals surface area contributed by atoms with Crippen LogP contribution in [0.15, 0.2) is 82.6 Å². The minimum absolute atomic E-state index is 0.198. The van der Waals surface area contributed by atoms with Crippen molar-refractivity contribution in [1.82, 2.24) is 4.98 Å². The van der Waals surface area contributed by atoms with Crippen molar-refractivity contribution < 1.29 is 14.3 Å². The number of anilines is 1. The number of hydrogen-bond donors (Lipinski definition) is 1. The average Bonchev–Trinajstić information content (AvgIpc) is 3.38. The van der Waals surface area contributed by atoms with Crippen LogP contribution in [0.25, 0.3) is 0 Å². The fourth-order valence-electron chi connectivity index (χ4n) is 5.13. The number of para-hydroxylation sites is 1. The Bertz CT molecular complexity index is 1570. The second kappa shape index (κ2) is 9.36. The number of fused-ring (bicyclic) bond motifs is 2. The van der Waals surface area contributed by atoms with Crippen LogP contribution in [0.5, 0.6) is 5.75 Å². The summed E-state index contributed by atoms with van der Waals surface area (Å²) in [5, 5.41) is 0.0167. The average molecular weight is 529 g/mol. The number of ether oxygens (including phenoxy) is 1. The summed E-state index contributed by atoms with van der Waals surface area (Å²) in [7, 11) is 0. The van der Waals surface area contributed by atoms with Crippen LogP contribution in [-0.4, -0.2) is 22.0 Å². The highest BCUT2D eigenvalue weighted by atomic mass is 32.2. The van der Waals surface area contributed by atoms with Gasteiger partial charge in [-0.2, -0.15) is 0 Å². The topological polar surface area (TPSA) is 79.5 Å². The molecule has 1 aromatic heterocycles. The van der Waals surface area contributed by atoms with Gasteiger partial charge in [0.1, 0.15) is 17.6 Å². The second-order valence-corrected chi connectivity index (χ2v) is 11.6. The van der Waals surface area contributed by atoms with Crippen molar-refractivity contribution in [2.24, 2.45) is 5.92 Å². The van der Waals surface area contributed by atoms with Crippen LogP contribution in [0.4, 0.5) is 5.69 Å². The molecule has 2 aliphatic rings. The van der Waals surface area contributed by atoms with Gasteiger partial charge >= 0.3 is 4.87 Å². The number of aromatic amines is 1. The standard InChI is InChI=1S/C29H24N2O4S2/c1-16-10-12-19(13-11-16)31-27(32)23-22(24-26(30-29(34)37-24)36-25(23)28(31)33)20-8-3-4-9-21(20)35-15-18-7-5-6-17(2)14-18/h3-14,22-23,25H,15H2,1-2H3,(H,30,34)/t22-,23?,25?/m1/s1. The third-order valence-electron chi connectivity index (χ3n) is 6.85. The fourth-order valence-corrected chi connectivity index (χ4v) is 7.64. The number of hydrogen-bond acceptors (Lipinski definition) is 6. The van der Waals surface area contributed by atoms with Gasteiger partial charge in [0.15, 0.2) is 0 Å². The number of benzene rings is 3. The number of aromatic nitrogens is 1. The van der Waals surface area contributed by atoms with Crippen molar-refractivity contribution in [1.29, 1.82) is 0 Å². The maximum Gasteiger partial charge on any atom is 0.305 e. The highest BCUT2D eigenvalue weighted by Gasteiger charge is 2.56. The second-order valence-electron chi connectivity index (χ2n) is 9.41. The minimum atomic E-state index is -0.651. The molecular formula is C29H24N2O4S2. The molecule has 6 rings (SSSR count). The largest absolute Gasteiger partial charge is 0.489 e. The maximum atomic E-state index is 13.9. The summed E-state index contributed by atoms with van der Waals surface area (Å²) < 4.78 is 6.29. The lowest BCUT2D eigenvalue weighted by molar-refractivity contribution is -0.122. The van der Waals surface area contributed by atoms with E-state index in [1.165, 1.54) is 16.7 Å². The molecule has 2 amide bonds. The van der Waals surface area contributed by atoms with Gasteiger partial charge in [-0.25, -0.2) is 4.90 Å². The Kier molecular flexibility index (Phi) is 6.01. The normalized spacial score (nSPS) is 20.6. The number of aryl methyl sites for hydroxylation is 2. The van der Waals surface area contributed by atoms with Gasteiger partial charge in [0.05, 0.1) is 16.6 Å². The van der Waals surface area contributed by atoms with Gasteiger partial charge in [-0.1, -0.05) is 88.8 Å². The van der Waals surface area contributed by atoms with Gasteiger partial charge in [-0.05, 0) is 37.6 Å². The number of thiazole rings is 1. The molecule has 1 saturated heterocycles. The van der Waals surface area contributed by atoms with Crippen LogP contribution >= 0.6 is 23.1 Å². The number of nitrogens with zero attached hydrogens (tertiary/aromatic N) is 1. The molecule has 0 radical (unpaired) electrons. The lowest BCUT2D eigenvalue weighted by Gasteiger charge is -2.30. The van der Waals surface area contributed by atoms with Crippen LogP contribution in [0, 0.1) is 19.8 Å². The monoisotopic (exact) mass is 528 g/mol. The van der Waals surface area contributed by atoms with Crippen molar-refractivity contribution in [3.63, 3.8) is 0 Å². The zero-order valence-electron chi connectivity index (χ0n) is 20.3. The van der Waals surface area contributed by atoms with Gasteiger partial charge < -0.3 is 9.72 Å². The van der Waals surface area contributed by atoms with E-state index in [4.69, 9.17) is 4.74 Å². The van der Waals surface area contributed by atoms with Crippen molar-refractivity contribution in [2.75, 3.05) is 4.90 Å². The Morgan fingerprint density at radius 1 is 0.892 bits per heavy atom. The molecule has 1 N–H and O–H groups in total. The zero-order chi connectivity index (χ0) is 25.7. The van der Waals surface area contributed by atoms with Crippen molar-refractivity contribution in [3.05, 3.63) is 110 Å². The summed E-state index contributed by atoms with van der Waals surface area (Å²) in [6, 6.07) is 23.1. The first-order valence-corrected chi connectivity index (χ1v) is 13.7. The van der Waals surface area contributed by atoms with E-state index in [0.717, 1.165) is 38.5 Å². The third-order valence-corrected chi connectivity index (χ3v) is 9.25. The van der Waals surface area contributed by atoms with E-state index in [1.807, 2.05) is 68.4 Å². The number of carbonyl (C=O) groups excluding carboxylic acids is 2. The maximum absolute atomic E-state index is 13.9. The summed E-state index contributed by atoms with van der Waals surface area (Å²) >= 11 is 2.38. The quantitative estimate of drug-likeness (QED) is 0.350. The van der Waals surface area contributed by atoms with E-state index in [2.05, 4.69) is 11.1 Å². The number of thioether (sulfide) groups is 1. The molecule has 0 bridgehead atoms. The van der Waals surface area contributed by atoms with Crippen LogP contribution in [0.1, 0.15) is 33.0 Å². The number of rotatable bonds is 5. The van der Waals surface area contributed by atoms with Gasteiger partial charge in [-0.15, -0.1) is 0 Å². The smallest absolute Gasteiger partial charge is 0.305 e. The van der Waals surface area contributed by atoms with Crippen molar-refractivity contribution in [2.45, 2.75) is 36.6 Å². The predicted octanol–water partition coefficient (Wildman–Crippen LogP) is 5.43. The highest BCUT2D eigenvalue weighted by molar-refractivity contribution is 8.00. The number of nitrogens with one attached hydrogen (secondary N) is 1. The van der Waals surface area contributed by atoms with Crippen LogP contribution in [-0.2, 0) is 16.2 Å². The summed E-state index contributed by atoms with van der Waals surface area (Å²) in [4.78, 5) is 44.7. The van der Waals surface area contributed by atoms with Gasteiger partial charge in [0.25, 0.3) is 0 Å². The van der Waals surface area contributed by atoms with Crippen molar-refractivity contribution >= 4 is 40.6 Å². The lowest BCUT2D eigenvalue weighted by atomic mass is 9.82. The number of imide groups is 1. The molecule has 0 saturated carbocycles. The summed E-state index contributed by atoms with van der Waals surface area (Å²) in [5.74, 6) is -1.01. The van der Waals surface area contributed by atoms with Gasteiger partial charge in [0.2, 0.25) is 11.8 Å². The number of H-pyrrole nitrogens is 1. The summed E-state index contributed by atoms with van der Waals surface area (Å²) in [6.07, 6.45) is 0. The fraction of sp³-hybridized carbons (Fsp3) is 0.207. The van der Waals surface area contributed by atoms with Crippen molar-refractivity contribution in [3.8, 4) is 5.75 Å². The van der Waals surface area contributed by atoms with Gasteiger partial charge in [-0.3, -0.25) is 14.4 Å². The van der Waals surface area contributed by atoms with Crippen LogP contribution < -0.4 is 14.5 Å². The minimum Gasteiger partial charge on any atom is -0.489 e. The van der Waals surface area contributed by atoms with E-state index < -0.39 is 17.1 Å². The predicted molar refractivity (Wildman–Crippen MR) is 146 cm³/mol. The van der Waals surface area contributed by atoms with E-state index in [9.17, 15) is 14.4 Å². The van der Waals surface area contributed by atoms with E-state index >= 15 is 0 Å². The lowest BCUT2D eigenvalue weighted by Crippen LogP contribution is -2.32. The molecule has 0 aliphatic carbocycles. The van der Waals surface area contributed by atoms with Gasteiger partial charge in [0, 0.05) is 16.4 Å². The molecule has 1 fully saturated rings. The molecule has 2 unspecified atom stereocenters. The molecule has 6 nitrogen and oxygen atoms in total. The first-order chi connectivity index (χ1) is 17.9. The molecule has 3 heterocycles. The van der Waals surface area contributed by atoms with E-state index in [-0.39, 0.29) is 16.7 Å². The molecule has 3 aromatic carbocycles. The highest BCUT2D eigenvalue weighted by Crippen LogP contribution is 2.54. The Morgan fingerprint density at radius 2 is 1.68 bits per heavy atom. The molecule has 2 aliphatic heterocycles. The summed E-state index contributed by atoms with van der Waals surface area (Å²) in [6.45, 7) is 4.37. The van der Waals surface area contributed by atoms with Crippen LogP contribution in [0.2, 0.25) is 0 Å². The van der Waals surface area contributed by atoms with Crippen LogP contribution in [0.3, 0.4) is 0 Å². The molecule has 37 heavy (non-hydrogen) atoms.